The first kappa shape index (κ1) is 21.0. The fraction of sp³-hybridized carbons (Fsp3) is 0.667. The van der Waals surface area contributed by atoms with E-state index in [1.807, 2.05) is 30.3 Å². The Hall–Kier alpha value is -1.30. The molecule has 0 aromatic heterocycles. The molecule has 0 unspecified atom stereocenters. The van der Waals surface area contributed by atoms with E-state index in [0.717, 1.165) is 29.4 Å². The number of nitrogens with zero attached hydrogens (tertiary/aromatic N) is 1. The quantitative estimate of drug-likeness (QED) is 0.531. The summed E-state index contributed by atoms with van der Waals surface area (Å²) in [5.74, 6) is 6.84. The molecule has 1 atom stereocenters. The van der Waals surface area contributed by atoms with Crippen LogP contribution >= 0.6 is 0 Å². The van der Waals surface area contributed by atoms with Gasteiger partial charge < -0.3 is 9.59 Å². The van der Waals surface area contributed by atoms with Gasteiger partial charge in [0, 0.05) is 5.41 Å². The second-order valence-electron chi connectivity index (χ2n) is 8.38. The summed E-state index contributed by atoms with van der Waals surface area (Å²) in [6.45, 7) is 13.3. The lowest BCUT2D eigenvalue weighted by Gasteiger charge is -2.42. The first-order valence-corrected chi connectivity index (χ1v) is 10.6. The van der Waals surface area contributed by atoms with E-state index in [4.69, 9.17) is 0 Å². The lowest BCUT2D eigenvalue weighted by molar-refractivity contribution is -0.926. The third kappa shape index (κ3) is 4.33. The van der Waals surface area contributed by atoms with Gasteiger partial charge in [0.1, 0.15) is 6.54 Å². The van der Waals surface area contributed by atoms with E-state index >= 15 is 0 Å². The van der Waals surface area contributed by atoms with Gasteiger partial charge in [-0.2, -0.15) is 0 Å². The van der Waals surface area contributed by atoms with Gasteiger partial charge in [-0.25, -0.2) is 0 Å². The summed E-state index contributed by atoms with van der Waals surface area (Å²) in [5.41, 5.74) is -0.415. The molecule has 144 valence electrons. The van der Waals surface area contributed by atoms with Crippen LogP contribution in [0.3, 0.4) is 0 Å². The molecule has 2 nitrogen and oxygen atoms in total. The van der Waals surface area contributed by atoms with Crippen molar-refractivity contribution in [3.05, 3.63) is 35.9 Å². The number of piperidine rings is 1. The zero-order valence-electron chi connectivity index (χ0n) is 17.4. The zero-order chi connectivity index (χ0) is 19.1. The molecule has 1 aliphatic rings. The van der Waals surface area contributed by atoms with Gasteiger partial charge >= 0.3 is 0 Å². The van der Waals surface area contributed by atoms with E-state index in [2.05, 4.69) is 39.5 Å². The highest BCUT2D eigenvalue weighted by Gasteiger charge is 2.45. The molecule has 0 bridgehead atoms. The van der Waals surface area contributed by atoms with Crippen LogP contribution in [0.2, 0.25) is 0 Å². The number of rotatable bonds is 7. The summed E-state index contributed by atoms with van der Waals surface area (Å²) in [4.78, 5) is 0. The molecule has 1 heterocycles. The van der Waals surface area contributed by atoms with Gasteiger partial charge in [0.05, 0.1) is 19.6 Å². The number of benzene rings is 1. The average molecular weight is 357 g/mol. The topological polar surface area (TPSA) is 20.2 Å². The van der Waals surface area contributed by atoms with E-state index in [-0.39, 0.29) is 5.41 Å². The Bertz CT molecular complexity index is 597. The molecule has 1 fully saturated rings. The fourth-order valence-corrected chi connectivity index (χ4v) is 4.47. The molecule has 0 spiro atoms. The minimum atomic E-state index is -1.09. The third-order valence-corrected chi connectivity index (χ3v) is 6.77. The van der Waals surface area contributed by atoms with Crippen LogP contribution in [0.5, 0.6) is 0 Å². The predicted molar refractivity (Wildman–Crippen MR) is 111 cm³/mol. The molecule has 2 heteroatoms. The van der Waals surface area contributed by atoms with Gasteiger partial charge in [-0.15, -0.1) is 0 Å². The van der Waals surface area contributed by atoms with Gasteiger partial charge in [0.25, 0.3) is 0 Å². The molecule has 26 heavy (non-hydrogen) atoms. The van der Waals surface area contributed by atoms with Crippen LogP contribution in [0.4, 0.5) is 0 Å². The van der Waals surface area contributed by atoms with E-state index in [1.165, 1.54) is 45.3 Å². The minimum Gasteiger partial charge on any atom is -0.373 e. The van der Waals surface area contributed by atoms with Crippen LogP contribution in [0.25, 0.3) is 0 Å². The van der Waals surface area contributed by atoms with Crippen molar-refractivity contribution in [1.29, 1.82) is 0 Å². The highest BCUT2D eigenvalue weighted by Crippen LogP contribution is 2.44. The average Bonchev–Trinajstić information content (AvgIpc) is 2.68. The molecule has 1 aromatic carbocycles. The van der Waals surface area contributed by atoms with Crippen LogP contribution in [0.1, 0.15) is 71.8 Å². The molecule has 2 rings (SSSR count). The van der Waals surface area contributed by atoms with Gasteiger partial charge in [0.2, 0.25) is 0 Å². The summed E-state index contributed by atoms with van der Waals surface area (Å²) in [5, 5.41) is 11.8. The third-order valence-electron chi connectivity index (χ3n) is 6.77. The van der Waals surface area contributed by atoms with Gasteiger partial charge in [0.15, 0.2) is 5.60 Å². The molecule has 0 aliphatic carbocycles. The summed E-state index contributed by atoms with van der Waals surface area (Å²) < 4.78 is 1.11. The van der Waals surface area contributed by atoms with Crippen LogP contribution in [0.15, 0.2) is 30.3 Å². The molecule has 1 aliphatic heterocycles. The lowest BCUT2D eigenvalue weighted by atomic mass is 9.66. The maximum absolute atomic E-state index is 11.8. The Morgan fingerprint density at radius 1 is 1.00 bits per heavy atom. The molecule has 1 aromatic rings. The van der Waals surface area contributed by atoms with E-state index < -0.39 is 5.60 Å². The number of likely N-dealkylation sites (tertiary alicyclic amines) is 1. The predicted octanol–water partition coefficient (Wildman–Crippen LogP) is 5.11. The Morgan fingerprint density at radius 2 is 1.62 bits per heavy atom. The van der Waals surface area contributed by atoms with E-state index in [9.17, 15) is 5.11 Å². The molecular weight excluding hydrogens is 318 g/mol. The normalized spacial score (nSPS) is 19.3. The van der Waals surface area contributed by atoms with E-state index in [1.54, 1.807) is 0 Å². The number of hydrogen-bond acceptors (Lipinski definition) is 1. The summed E-state index contributed by atoms with van der Waals surface area (Å²) in [6.07, 6.45) is 6.98. The van der Waals surface area contributed by atoms with Crippen molar-refractivity contribution in [2.45, 2.75) is 71.8 Å². The van der Waals surface area contributed by atoms with Crippen LogP contribution in [-0.4, -0.2) is 35.8 Å². The van der Waals surface area contributed by atoms with Crippen LogP contribution in [-0.2, 0) is 5.60 Å². The molecule has 0 saturated carbocycles. The highest BCUT2D eigenvalue weighted by molar-refractivity contribution is 5.35. The molecule has 1 saturated heterocycles. The lowest BCUT2D eigenvalue weighted by Crippen LogP contribution is -2.52. The maximum Gasteiger partial charge on any atom is 0.156 e. The summed E-state index contributed by atoms with van der Waals surface area (Å²) in [7, 11) is 0. The Kier molecular flexibility index (Phi) is 7.33. The monoisotopic (exact) mass is 356 g/mol. The van der Waals surface area contributed by atoms with Gasteiger partial charge in [-0.3, -0.25) is 0 Å². The van der Waals surface area contributed by atoms with Crippen LogP contribution in [0, 0.1) is 17.3 Å². The molecular formula is C24H38NO+. The maximum atomic E-state index is 11.8. The summed E-state index contributed by atoms with van der Waals surface area (Å²) in [6, 6.07) is 10.1. The Morgan fingerprint density at radius 3 is 2.15 bits per heavy atom. The Balaban J connectivity index is 2.35. The Labute approximate surface area is 161 Å². The first-order chi connectivity index (χ1) is 12.5. The first-order valence-electron chi connectivity index (χ1n) is 10.6. The van der Waals surface area contributed by atoms with Crippen molar-refractivity contribution in [3.8, 4) is 11.8 Å². The van der Waals surface area contributed by atoms with Crippen molar-refractivity contribution in [2.75, 3.05) is 26.2 Å². The van der Waals surface area contributed by atoms with Gasteiger partial charge in [-0.05, 0) is 50.0 Å². The largest absolute Gasteiger partial charge is 0.373 e. The fourth-order valence-electron chi connectivity index (χ4n) is 4.47. The van der Waals surface area contributed by atoms with Crippen molar-refractivity contribution in [1.82, 2.24) is 0 Å². The zero-order valence-corrected chi connectivity index (χ0v) is 17.4. The van der Waals surface area contributed by atoms with Gasteiger partial charge in [-0.1, -0.05) is 63.9 Å². The standard InChI is InChI=1S/C24H38NO/c1-5-18-25(19-12-9-13-20-25)21-14-17-24(26,23(4,6-2)7-3)22-15-10-8-11-16-22/h8,10-11,15-16,26H,5-7,9,12-13,18-21H2,1-4H3/q+1/t24-/m1/s1. The summed E-state index contributed by atoms with van der Waals surface area (Å²) >= 11 is 0. The highest BCUT2D eigenvalue weighted by atomic mass is 16.3. The molecule has 0 amide bonds. The smallest absolute Gasteiger partial charge is 0.156 e. The number of aliphatic hydroxyl groups is 1. The number of quaternary nitrogens is 1. The molecule has 0 radical (unpaired) electrons. The van der Waals surface area contributed by atoms with Crippen molar-refractivity contribution in [2.24, 2.45) is 5.41 Å². The van der Waals surface area contributed by atoms with Crippen molar-refractivity contribution in [3.63, 3.8) is 0 Å². The SMILES string of the molecule is CCC[N+]1(CC#C[C@@](O)(c2ccccc2)C(C)(CC)CC)CCCCC1. The van der Waals surface area contributed by atoms with Crippen molar-refractivity contribution < 1.29 is 9.59 Å². The van der Waals surface area contributed by atoms with Crippen LogP contribution < -0.4 is 0 Å². The second-order valence-corrected chi connectivity index (χ2v) is 8.38. The van der Waals surface area contributed by atoms with Crippen molar-refractivity contribution >= 4 is 0 Å². The second kappa shape index (κ2) is 9.07. The minimum absolute atomic E-state index is 0.251. The molecule has 1 N–H and O–H groups in total. The van der Waals surface area contributed by atoms with E-state index in [0.29, 0.717) is 0 Å². The number of hydrogen-bond donors (Lipinski definition) is 1.